The van der Waals surface area contributed by atoms with Crippen LogP contribution in [0.15, 0.2) is 0 Å². The van der Waals surface area contributed by atoms with Gasteiger partial charge in [-0.15, -0.1) is 0 Å². The monoisotopic (exact) mass is 277 g/mol. The van der Waals surface area contributed by atoms with E-state index in [0.29, 0.717) is 6.42 Å². The molecule has 1 atom stereocenters. The molecule has 0 saturated heterocycles. The molecule has 1 aliphatic carbocycles. The van der Waals surface area contributed by atoms with E-state index in [4.69, 9.17) is 5.11 Å². The lowest BCUT2D eigenvalue weighted by molar-refractivity contribution is -0.138. The van der Waals surface area contributed by atoms with Gasteiger partial charge < -0.3 is 10.4 Å². The molecule has 0 radical (unpaired) electrons. The lowest BCUT2D eigenvalue weighted by Gasteiger charge is -2.28. The summed E-state index contributed by atoms with van der Waals surface area (Å²) in [6.45, 7) is 1.90. The molecule has 1 aliphatic rings. The zero-order chi connectivity index (χ0) is 14.5. The van der Waals surface area contributed by atoms with Crippen molar-refractivity contribution in [1.82, 2.24) is 5.32 Å². The molecular formula is C13H21F2NO3. The second-order valence-electron chi connectivity index (χ2n) is 5.22. The Morgan fingerprint density at radius 1 is 1.37 bits per heavy atom. The molecule has 0 spiro atoms. The average molecular weight is 277 g/mol. The fourth-order valence-corrected chi connectivity index (χ4v) is 2.41. The van der Waals surface area contributed by atoms with Crippen molar-refractivity contribution in [2.75, 3.05) is 0 Å². The first-order valence-electron chi connectivity index (χ1n) is 6.74. The number of amides is 1. The number of hydrogen-bond donors (Lipinski definition) is 2. The number of carbonyl (C=O) groups is 2. The standard InChI is InChI=1S/C13H21F2NO3/c1-2-3-10(8-11(17)18)16-12(19)9-4-6-13(14,15)7-5-9/h9-10H,2-8H2,1H3,(H,16,19)(H,17,18). The number of aliphatic carboxylic acids is 1. The van der Waals surface area contributed by atoms with Crippen molar-refractivity contribution in [1.29, 1.82) is 0 Å². The van der Waals surface area contributed by atoms with Gasteiger partial charge in [-0.05, 0) is 19.3 Å². The Hall–Kier alpha value is -1.20. The normalized spacial score (nSPS) is 20.8. The number of hydrogen-bond acceptors (Lipinski definition) is 2. The van der Waals surface area contributed by atoms with E-state index in [1.165, 1.54) is 0 Å². The Morgan fingerprint density at radius 2 is 1.95 bits per heavy atom. The number of carboxylic acids is 1. The highest BCUT2D eigenvalue weighted by molar-refractivity contribution is 5.79. The van der Waals surface area contributed by atoms with Crippen molar-refractivity contribution < 1.29 is 23.5 Å². The highest BCUT2D eigenvalue weighted by Crippen LogP contribution is 2.36. The number of rotatable bonds is 6. The van der Waals surface area contributed by atoms with Gasteiger partial charge in [0.2, 0.25) is 11.8 Å². The summed E-state index contributed by atoms with van der Waals surface area (Å²) in [6, 6.07) is -0.405. The van der Waals surface area contributed by atoms with Crippen LogP contribution in [0.3, 0.4) is 0 Å². The van der Waals surface area contributed by atoms with E-state index < -0.39 is 23.9 Å². The molecule has 1 amide bonds. The lowest BCUT2D eigenvalue weighted by atomic mass is 9.86. The second-order valence-corrected chi connectivity index (χ2v) is 5.22. The molecule has 110 valence electrons. The summed E-state index contributed by atoms with van der Waals surface area (Å²) in [5, 5.41) is 11.4. The zero-order valence-electron chi connectivity index (χ0n) is 11.1. The maximum absolute atomic E-state index is 13.0. The predicted octanol–water partition coefficient (Wildman–Crippen LogP) is 2.57. The largest absolute Gasteiger partial charge is 0.481 e. The summed E-state index contributed by atoms with van der Waals surface area (Å²) >= 11 is 0. The quantitative estimate of drug-likeness (QED) is 0.784. The number of halogens is 2. The maximum Gasteiger partial charge on any atom is 0.305 e. The lowest BCUT2D eigenvalue weighted by Crippen LogP contribution is -2.42. The molecular weight excluding hydrogens is 256 g/mol. The summed E-state index contributed by atoms with van der Waals surface area (Å²) in [4.78, 5) is 22.6. The van der Waals surface area contributed by atoms with E-state index in [0.717, 1.165) is 6.42 Å². The Balaban J connectivity index is 2.46. The molecule has 0 aromatic rings. The average Bonchev–Trinajstić information content (AvgIpc) is 2.28. The number of carboxylic acid groups (broad SMARTS) is 1. The van der Waals surface area contributed by atoms with Gasteiger partial charge in [0.25, 0.3) is 0 Å². The van der Waals surface area contributed by atoms with E-state index in [9.17, 15) is 18.4 Å². The highest BCUT2D eigenvalue weighted by atomic mass is 19.3. The minimum atomic E-state index is -2.65. The van der Waals surface area contributed by atoms with Crippen LogP contribution in [0, 0.1) is 5.92 Å². The minimum Gasteiger partial charge on any atom is -0.481 e. The van der Waals surface area contributed by atoms with Gasteiger partial charge in [0.15, 0.2) is 0 Å². The fourth-order valence-electron chi connectivity index (χ4n) is 2.41. The minimum absolute atomic E-state index is 0.123. The van der Waals surface area contributed by atoms with Crippen molar-refractivity contribution in [2.24, 2.45) is 5.92 Å². The fraction of sp³-hybridized carbons (Fsp3) is 0.846. The SMILES string of the molecule is CCCC(CC(=O)O)NC(=O)C1CCC(F)(F)CC1. The van der Waals surface area contributed by atoms with Gasteiger partial charge >= 0.3 is 5.97 Å². The van der Waals surface area contributed by atoms with E-state index in [-0.39, 0.29) is 38.0 Å². The van der Waals surface area contributed by atoms with Crippen molar-refractivity contribution in [3.8, 4) is 0 Å². The van der Waals surface area contributed by atoms with Gasteiger partial charge in [-0.2, -0.15) is 0 Å². The molecule has 0 bridgehead atoms. The first-order chi connectivity index (χ1) is 8.84. The zero-order valence-corrected chi connectivity index (χ0v) is 11.1. The van der Waals surface area contributed by atoms with Crippen LogP contribution >= 0.6 is 0 Å². The first kappa shape index (κ1) is 15.9. The molecule has 1 fully saturated rings. The number of carbonyl (C=O) groups excluding carboxylic acids is 1. The topological polar surface area (TPSA) is 66.4 Å². The molecule has 0 aliphatic heterocycles. The number of nitrogens with one attached hydrogen (secondary N) is 1. The smallest absolute Gasteiger partial charge is 0.305 e. The van der Waals surface area contributed by atoms with E-state index >= 15 is 0 Å². The van der Waals surface area contributed by atoms with Gasteiger partial charge in [0, 0.05) is 24.8 Å². The third kappa shape index (κ3) is 5.53. The van der Waals surface area contributed by atoms with Gasteiger partial charge in [0.1, 0.15) is 0 Å². The number of alkyl halides is 2. The van der Waals surface area contributed by atoms with Crippen LogP contribution in [0.25, 0.3) is 0 Å². The molecule has 0 heterocycles. The summed E-state index contributed by atoms with van der Waals surface area (Å²) < 4.78 is 26.0. The van der Waals surface area contributed by atoms with Crippen LogP contribution in [-0.2, 0) is 9.59 Å². The predicted molar refractivity (Wildman–Crippen MR) is 66.0 cm³/mol. The molecule has 0 aromatic carbocycles. The molecule has 0 aromatic heterocycles. The first-order valence-corrected chi connectivity index (χ1v) is 6.74. The van der Waals surface area contributed by atoms with E-state index in [2.05, 4.69) is 5.32 Å². The van der Waals surface area contributed by atoms with E-state index in [1.54, 1.807) is 0 Å². The van der Waals surface area contributed by atoms with Gasteiger partial charge in [-0.1, -0.05) is 13.3 Å². The van der Waals surface area contributed by atoms with Crippen LogP contribution in [-0.4, -0.2) is 28.9 Å². The van der Waals surface area contributed by atoms with Crippen LogP contribution < -0.4 is 5.32 Å². The molecule has 1 saturated carbocycles. The molecule has 19 heavy (non-hydrogen) atoms. The van der Waals surface area contributed by atoms with Crippen LogP contribution in [0.2, 0.25) is 0 Å². The molecule has 1 rings (SSSR count). The van der Waals surface area contributed by atoms with Crippen molar-refractivity contribution in [3.63, 3.8) is 0 Å². The van der Waals surface area contributed by atoms with Crippen molar-refractivity contribution in [3.05, 3.63) is 0 Å². The summed E-state index contributed by atoms with van der Waals surface area (Å²) in [6.07, 6.45) is 1.05. The highest BCUT2D eigenvalue weighted by Gasteiger charge is 2.37. The second kappa shape index (κ2) is 6.82. The summed E-state index contributed by atoms with van der Waals surface area (Å²) in [5.74, 6) is -4.31. The van der Waals surface area contributed by atoms with Crippen molar-refractivity contribution in [2.45, 2.75) is 63.8 Å². The third-order valence-corrected chi connectivity index (χ3v) is 3.49. The van der Waals surface area contributed by atoms with Gasteiger partial charge in [-0.25, -0.2) is 8.78 Å². The Bertz CT molecular complexity index is 324. The van der Waals surface area contributed by atoms with Crippen LogP contribution in [0.5, 0.6) is 0 Å². The Kier molecular flexibility index (Phi) is 5.69. The van der Waals surface area contributed by atoms with E-state index in [1.807, 2.05) is 6.92 Å². The molecule has 2 N–H and O–H groups in total. The summed E-state index contributed by atoms with van der Waals surface area (Å²) in [7, 11) is 0. The van der Waals surface area contributed by atoms with Crippen LogP contribution in [0.1, 0.15) is 51.9 Å². The molecule has 1 unspecified atom stereocenters. The molecule has 6 heteroatoms. The van der Waals surface area contributed by atoms with Crippen molar-refractivity contribution >= 4 is 11.9 Å². The van der Waals surface area contributed by atoms with Gasteiger partial charge in [-0.3, -0.25) is 9.59 Å². The maximum atomic E-state index is 13.0. The van der Waals surface area contributed by atoms with Crippen LogP contribution in [0.4, 0.5) is 8.78 Å². The molecule has 4 nitrogen and oxygen atoms in total. The Morgan fingerprint density at radius 3 is 2.42 bits per heavy atom. The van der Waals surface area contributed by atoms with Gasteiger partial charge in [0.05, 0.1) is 6.42 Å². The summed E-state index contributed by atoms with van der Waals surface area (Å²) in [5.41, 5.74) is 0. The third-order valence-electron chi connectivity index (χ3n) is 3.49. The Labute approximate surface area is 111 Å².